The molecule has 0 spiro atoms. The van der Waals surface area contributed by atoms with Crippen molar-refractivity contribution >= 4 is 27.5 Å². The maximum atomic E-state index is 12.7. The molecule has 0 bridgehead atoms. The zero-order chi connectivity index (χ0) is 21.1. The molecule has 30 heavy (non-hydrogen) atoms. The first-order chi connectivity index (χ1) is 14.6. The monoisotopic (exact) mass is 428 g/mol. The number of rotatable bonds is 8. The van der Waals surface area contributed by atoms with Crippen LogP contribution in [-0.4, -0.2) is 61.0 Å². The average molecular weight is 429 g/mol. The summed E-state index contributed by atoms with van der Waals surface area (Å²) < 4.78 is 12.6. The van der Waals surface area contributed by atoms with Crippen molar-refractivity contribution in [2.75, 3.05) is 40.4 Å². The molecule has 1 aromatic carbocycles. The van der Waals surface area contributed by atoms with E-state index >= 15 is 0 Å². The molecule has 4 rings (SSSR count). The summed E-state index contributed by atoms with van der Waals surface area (Å²) in [6, 6.07) is 7.68. The van der Waals surface area contributed by atoms with Crippen molar-refractivity contribution in [1.82, 2.24) is 20.0 Å². The normalized spacial score (nSPS) is 14.4. The van der Waals surface area contributed by atoms with Crippen molar-refractivity contribution in [3.8, 4) is 22.8 Å². The number of hydrogen-bond donors (Lipinski definition) is 1. The number of benzene rings is 1. The maximum absolute atomic E-state index is 12.7. The molecule has 0 unspecified atom stereocenters. The number of hydrogen-bond acceptors (Lipinski definition) is 6. The van der Waals surface area contributed by atoms with Gasteiger partial charge < -0.3 is 19.7 Å². The highest BCUT2D eigenvalue weighted by Crippen LogP contribution is 2.37. The second kappa shape index (κ2) is 9.06. The summed E-state index contributed by atoms with van der Waals surface area (Å²) in [6.45, 7) is 4.14. The SMILES string of the molecule is COc1ccc(-c2nn(C)c3sc(C(=O)NCCCN4CCCC4)cc23)cc1OC. The number of aromatic nitrogens is 2. The zero-order valence-corrected chi connectivity index (χ0v) is 18.6. The Morgan fingerprint density at radius 1 is 1.17 bits per heavy atom. The second-order valence-electron chi connectivity index (χ2n) is 7.53. The van der Waals surface area contributed by atoms with Crippen molar-refractivity contribution in [3.63, 3.8) is 0 Å². The molecule has 1 aliphatic heterocycles. The minimum atomic E-state index is -0.0177. The van der Waals surface area contributed by atoms with Gasteiger partial charge in [0.1, 0.15) is 10.5 Å². The van der Waals surface area contributed by atoms with Crippen molar-refractivity contribution < 1.29 is 14.3 Å². The van der Waals surface area contributed by atoms with Crippen LogP contribution < -0.4 is 14.8 Å². The third-order valence-electron chi connectivity index (χ3n) is 5.53. The van der Waals surface area contributed by atoms with E-state index in [1.54, 1.807) is 14.2 Å². The van der Waals surface area contributed by atoms with Crippen LogP contribution in [0.15, 0.2) is 24.3 Å². The second-order valence-corrected chi connectivity index (χ2v) is 8.56. The highest BCUT2D eigenvalue weighted by atomic mass is 32.1. The van der Waals surface area contributed by atoms with Crippen molar-refractivity contribution in [2.24, 2.45) is 7.05 Å². The molecule has 0 atom stereocenters. The number of aryl methyl sites for hydroxylation is 1. The molecule has 0 saturated carbocycles. The van der Waals surface area contributed by atoms with Crippen molar-refractivity contribution in [2.45, 2.75) is 19.3 Å². The minimum Gasteiger partial charge on any atom is -0.493 e. The molecule has 3 aromatic rings. The summed E-state index contributed by atoms with van der Waals surface area (Å²) in [6.07, 6.45) is 3.57. The maximum Gasteiger partial charge on any atom is 0.261 e. The van der Waals surface area contributed by atoms with E-state index in [1.807, 2.05) is 36.0 Å². The van der Waals surface area contributed by atoms with E-state index in [4.69, 9.17) is 9.47 Å². The summed E-state index contributed by atoms with van der Waals surface area (Å²) in [5.74, 6) is 1.31. The first-order valence-electron chi connectivity index (χ1n) is 10.3. The number of nitrogens with one attached hydrogen (secondary N) is 1. The fraction of sp³-hybridized carbons (Fsp3) is 0.455. The Labute approximate surface area is 180 Å². The molecule has 160 valence electrons. The van der Waals surface area contributed by atoms with E-state index in [-0.39, 0.29) is 5.91 Å². The zero-order valence-electron chi connectivity index (χ0n) is 17.7. The minimum absolute atomic E-state index is 0.0177. The van der Waals surface area contributed by atoms with Gasteiger partial charge in [0, 0.05) is 24.5 Å². The highest BCUT2D eigenvalue weighted by Gasteiger charge is 2.19. The Morgan fingerprint density at radius 2 is 1.93 bits per heavy atom. The van der Waals surface area contributed by atoms with Crippen LogP contribution in [0.25, 0.3) is 21.5 Å². The van der Waals surface area contributed by atoms with E-state index in [9.17, 15) is 4.79 Å². The summed E-state index contributed by atoms with van der Waals surface area (Å²) >= 11 is 1.47. The van der Waals surface area contributed by atoms with Gasteiger partial charge in [0.2, 0.25) is 0 Å². The number of carbonyl (C=O) groups excluding carboxylic acids is 1. The van der Waals surface area contributed by atoms with Crippen LogP contribution in [0.5, 0.6) is 11.5 Å². The van der Waals surface area contributed by atoms with Crippen LogP contribution in [0.4, 0.5) is 0 Å². The van der Waals surface area contributed by atoms with Gasteiger partial charge in [-0.2, -0.15) is 5.10 Å². The number of ether oxygens (including phenoxy) is 2. The highest BCUT2D eigenvalue weighted by molar-refractivity contribution is 7.20. The van der Waals surface area contributed by atoms with Gasteiger partial charge in [0.05, 0.1) is 19.1 Å². The van der Waals surface area contributed by atoms with E-state index < -0.39 is 0 Å². The van der Waals surface area contributed by atoms with Crippen LogP contribution >= 0.6 is 11.3 Å². The van der Waals surface area contributed by atoms with Crippen LogP contribution in [0.2, 0.25) is 0 Å². The van der Waals surface area contributed by atoms with Gasteiger partial charge in [-0.1, -0.05) is 0 Å². The van der Waals surface area contributed by atoms with Gasteiger partial charge in [0.15, 0.2) is 11.5 Å². The molecule has 0 aliphatic carbocycles. The van der Waals surface area contributed by atoms with Gasteiger partial charge >= 0.3 is 0 Å². The molecular formula is C22H28N4O3S. The molecule has 2 aromatic heterocycles. The number of methoxy groups -OCH3 is 2. The lowest BCUT2D eigenvalue weighted by Crippen LogP contribution is -2.28. The molecule has 1 fully saturated rings. The molecule has 1 saturated heterocycles. The molecule has 1 N–H and O–H groups in total. The fourth-order valence-electron chi connectivity index (χ4n) is 3.95. The largest absolute Gasteiger partial charge is 0.493 e. The Hall–Kier alpha value is -2.58. The molecule has 0 radical (unpaired) electrons. The summed E-state index contributed by atoms with van der Waals surface area (Å²) in [5, 5.41) is 8.70. The van der Waals surface area contributed by atoms with Gasteiger partial charge in [-0.3, -0.25) is 9.48 Å². The Kier molecular flexibility index (Phi) is 6.24. The number of likely N-dealkylation sites (tertiary alicyclic amines) is 1. The predicted octanol–water partition coefficient (Wildman–Crippen LogP) is 3.53. The van der Waals surface area contributed by atoms with E-state index in [1.165, 1.54) is 37.3 Å². The van der Waals surface area contributed by atoms with Gasteiger partial charge in [0.25, 0.3) is 5.91 Å². The number of nitrogens with zero attached hydrogens (tertiary/aromatic N) is 3. The van der Waals surface area contributed by atoms with Crippen LogP contribution in [0, 0.1) is 0 Å². The molecule has 3 heterocycles. The first kappa shape index (κ1) is 20.7. The lowest BCUT2D eigenvalue weighted by Gasteiger charge is -2.14. The third kappa shape index (κ3) is 4.15. The lowest BCUT2D eigenvalue weighted by atomic mass is 10.1. The summed E-state index contributed by atoms with van der Waals surface area (Å²) in [5.41, 5.74) is 1.76. The number of thiophene rings is 1. The first-order valence-corrected chi connectivity index (χ1v) is 11.1. The molecule has 8 heteroatoms. The predicted molar refractivity (Wildman–Crippen MR) is 120 cm³/mol. The molecule has 1 aliphatic rings. The van der Waals surface area contributed by atoms with Crippen LogP contribution in [-0.2, 0) is 7.05 Å². The average Bonchev–Trinajstić information content (AvgIpc) is 3.49. The summed E-state index contributed by atoms with van der Waals surface area (Å²) in [7, 11) is 5.14. The van der Waals surface area contributed by atoms with E-state index in [0.717, 1.165) is 34.4 Å². The molecule has 7 nitrogen and oxygen atoms in total. The van der Waals surface area contributed by atoms with Crippen molar-refractivity contribution in [1.29, 1.82) is 0 Å². The third-order valence-corrected chi connectivity index (χ3v) is 6.73. The van der Waals surface area contributed by atoms with Crippen molar-refractivity contribution in [3.05, 3.63) is 29.1 Å². The van der Waals surface area contributed by atoms with Gasteiger partial charge in [-0.05, 0) is 63.2 Å². The summed E-state index contributed by atoms with van der Waals surface area (Å²) in [4.78, 5) is 16.8. The van der Waals surface area contributed by atoms with Crippen LogP contribution in [0.3, 0.4) is 0 Å². The van der Waals surface area contributed by atoms with E-state index in [2.05, 4.69) is 15.3 Å². The topological polar surface area (TPSA) is 68.6 Å². The van der Waals surface area contributed by atoms with Gasteiger partial charge in [-0.15, -0.1) is 11.3 Å². The number of fused-ring (bicyclic) bond motifs is 1. The Balaban J connectivity index is 1.49. The van der Waals surface area contributed by atoms with E-state index in [0.29, 0.717) is 22.9 Å². The Bertz CT molecular complexity index is 1040. The number of carbonyl (C=O) groups is 1. The quantitative estimate of drug-likeness (QED) is 0.556. The smallest absolute Gasteiger partial charge is 0.261 e. The lowest BCUT2D eigenvalue weighted by molar-refractivity contribution is 0.0956. The molecular weight excluding hydrogens is 400 g/mol. The fourth-order valence-corrected chi connectivity index (χ4v) is 4.94. The van der Waals surface area contributed by atoms with Crippen LogP contribution in [0.1, 0.15) is 28.9 Å². The standard InChI is InChI=1S/C22H28N4O3S/c1-25-22-16(20(24-25)15-7-8-17(28-2)18(13-15)29-3)14-19(30-22)21(27)23-9-6-12-26-10-4-5-11-26/h7-8,13-14H,4-6,9-12H2,1-3H3,(H,23,27). The number of amides is 1. The Morgan fingerprint density at radius 3 is 2.67 bits per heavy atom. The molecule has 1 amide bonds. The van der Waals surface area contributed by atoms with Gasteiger partial charge in [-0.25, -0.2) is 0 Å².